The van der Waals surface area contributed by atoms with E-state index in [9.17, 15) is 4.79 Å². The highest BCUT2D eigenvalue weighted by molar-refractivity contribution is 5.94. The summed E-state index contributed by atoms with van der Waals surface area (Å²) in [6.45, 7) is 9.43. The van der Waals surface area contributed by atoms with E-state index in [-0.39, 0.29) is 18.1 Å². The molecule has 1 aliphatic rings. The van der Waals surface area contributed by atoms with Gasteiger partial charge in [-0.3, -0.25) is 9.79 Å². The second kappa shape index (κ2) is 10.9. The molecule has 2 N–H and O–H groups in total. The molecular weight excluding hydrogens is 394 g/mol. The van der Waals surface area contributed by atoms with Crippen LogP contribution in [0.4, 0.5) is 0 Å². The molecule has 2 heterocycles. The van der Waals surface area contributed by atoms with Crippen LogP contribution in [0, 0.1) is 0 Å². The molecule has 0 radical (unpaired) electrons. The molecule has 1 amide bonds. The van der Waals surface area contributed by atoms with Gasteiger partial charge >= 0.3 is 0 Å². The average molecular weight is 428 g/mol. The van der Waals surface area contributed by atoms with Gasteiger partial charge < -0.3 is 24.8 Å². The van der Waals surface area contributed by atoms with Gasteiger partial charge in [-0.25, -0.2) is 0 Å². The predicted octanol–water partition coefficient (Wildman–Crippen LogP) is 1.46. The van der Waals surface area contributed by atoms with Crippen LogP contribution >= 0.6 is 0 Å². The molecule has 0 spiro atoms. The van der Waals surface area contributed by atoms with E-state index in [4.69, 9.17) is 4.74 Å². The Morgan fingerprint density at radius 3 is 2.55 bits per heavy atom. The number of hydrogen-bond acceptors (Lipinski definition) is 5. The van der Waals surface area contributed by atoms with Crippen molar-refractivity contribution in [3.63, 3.8) is 0 Å². The number of amides is 1. The van der Waals surface area contributed by atoms with E-state index in [1.54, 1.807) is 13.4 Å². The summed E-state index contributed by atoms with van der Waals surface area (Å²) in [4.78, 5) is 18.9. The zero-order chi connectivity index (χ0) is 22.2. The predicted molar refractivity (Wildman–Crippen MR) is 120 cm³/mol. The molecule has 1 aromatic heterocycles. The first-order valence-corrected chi connectivity index (χ1v) is 10.8. The summed E-state index contributed by atoms with van der Waals surface area (Å²) >= 11 is 0. The number of nitrogens with one attached hydrogen (secondary N) is 2. The summed E-state index contributed by atoms with van der Waals surface area (Å²) < 4.78 is 7.75. The quantitative estimate of drug-likeness (QED) is 0.513. The van der Waals surface area contributed by atoms with Gasteiger partial charge in [0.1, 0.15) is 12.2 Å². The van der Waals surface area contributed by atoms with Crippen molar-refractivity contribution >= 4 is 11.9 Å². The Balaban J connectivity index is 1.47. The fourth-order valence-corrected chi connectivity index (χ4v) is 3.73. The van der Waals surface area contributed by atoms with E-state index < -0.39 is 0 Å². The van der Waals surface area contributed by atoms with E-state index in [2.05, 4.69) is 32.7 Å². The van der Waals surface area contributed by atoms with Crippen LogP contribution in [-0.2, 0) is 24.2 Å². The molecular formula is C22H33N7O2. The van der Waals surface area contributed by atoms with Gasteiger partial charge in [-0.1, -0.05) is 19.1 Å². The lowest BCUT2D eigenvalue weighted by molar-refractivity contribution is -0.0586. The number of aliphatic imine (C=N–C) groups is 1. The molecule has 0 bridgehead atoms. The number of nitrogens with zero attached hydrogens (tertiary/aromatic N) is 5. The topological polar surface area (TPSA) is 96.7 Å². The zero-order valence-corrected chi connectivity index (χ0v) is 18.8. The van der Waals surface area contributed by atoms with E-state index in [0.29, 0.717) is 31.7 Å². The molecule has 9 nitrogen and oxygen atoms in total. The Labute approximate surface area is 183 Å². The van der Waals surface area contributed by atoms with Crippen LogP contribution < -0.4 is 10.6 Å². The minimum absolute atomic E-state index is 0.0550. The van der Waals surface area contributed by atoms with Crippen LogP contribution in [0.25, 0.3) is 0 Å². The largest absolute Gasteiger partial charge is 0.372 e. The number of aromatic nitrogens is 3. The first kappa shape index (κ1) is 22.7. The summed E-state index contributed by atoms with van der Waals surface area (Å²) in [5.74, 6) is 1.75. The second-order valence-electron chi connectivity index (χ2n) is 7.81. The molecule has 1 aromatic carbocycles. The summed E-state index contributed by atoms with van der Waals surface area (Å²) in [5, 5.41) is 14.6. The molecule has 1 aliphatic heterocycles. The molecule has 31 heavy (non-hydrogen) atoms. The van der Waals surface area contributed by atoms with E-state index in [1.165, 1.54) is 0 Å². The van der Waals surface area contributed by atoms with Crippen LogP contribution in [0.2, 0.25) is 0 Å². The number of morpholine rings is 1. The fraction of sp³-hybridized carbons (Fsp3) is 0.545. The highest BCUT2D eigenvalue weighted by atomic mass is 16.5. The van der Waals surface area contributed by atoms with Gasteiger partial charge in [-0.15, -0.1) is 10.2 Å². The second-order valence-corrected chi connectivity index (χ2v) is 7.81. The molecule has 9 heteroatoms. The number of carbonyl (C=O) groups is 1. The monoisotopic (exact) mass is 427 g/mol. The molecule has 0 aliphatic carbocycles. The molecule has 0 saturated carbocycles. The van der Waals surface area contributed by atoms with Crippen molar-refractivity contribution in [1.29, 1.82) is 0 Å². The summed E-state index contributed by atoms with van der Waals surface area (Å²) in [6.07, 6.45) is 2.73. The van der Waals surface area contributed by atoms with Gasteiger partial charge in [-0.05, 0) is 31.5 Å². The van der Waals surface area contributed by atoms with Gasteiger partial charge in [0.25, 0.3) is 5.91 Å². The van der Waals surface area contributed by atoms with Crippen LogP contribution in [-0.4, -0.2) is 70.4 Å². The molecule has 2 atom stereocenters. The van der Waals surface area contributed by atoms with Crippen molar-refractivity contribution in [3.05, 3.63) is 47.5 Å². The lowest BCUT2D eigenvalue weighted by atomic mass is 10.1. The van der Waals surface area contributed by atoms with E-state index >= 15 is 0 Å². The van der Waals surface area contributed by atoms with Crippen molar-refractivity contribution in [1.82, 2.24) is 30.3 Å². The maximum absolute atomic E-state index is 12.8. The van der Waals surface area contributed by atoms with E-state index in [1.807, 2.05) is 47.6 Å². The molecule has 2 unspecified atom stereocenters. The molecule has 2 aromatic rings. The third-order valence-electron chi connectivity index (χ3n) is 5.25. The van der Waals surface area contributed by atoms with E-state index in [0.717, 1.165) is 30.3 Å². The number of rotatable bonds is 7. The van der Waals surface area contributed by atoms with Gasteiger partial charge in [0.2, 0.25) is 0 Å². The Hall–Kier alpha value is -2.94. The first-order chi connectivity index (χ1) is 15.0. The summed E-state index contributed by atoms with van der Waals surface area (Å²) in [5.41, 5.74) is 1.78. The van der Waals surface area contributed by atoms with Crippen molar-refractivity contribution in [2.24, 2.45) is 4.99 Å². The smallest absolute Gasteiger partial charge is 0.254 e. The fourth-order valence-electron chi connectivity index (χ4n) is 3.73. The van der Waals surface area contributed by atoms with Crippen LogP contribution in [0.5, 0.6) is 0 Å². The number of carbonyl (C=O) groups excluding carboxylic acids is 1. The molecule has 168 valence electrons. The number of aryl methyl sites for hydroxylation is 1. The molecule has 3 rings (SSSR count). The third kappa shape index (κ3) is 6.27. The van der Waals surface area contributed by atoms with Crippen LogP contribution in [0.1, 0.15) is 42.5 Å². The van der Waals surface area contributed by atoms with Gasteiger partial charge in [-0.2, -0.15) is 0 Å². The van der Waals surface area contributed by atoms with Gasteiger partial charge in [0, 0.05) is 51.8 Å². The van der Waals surface area contributed by atoms with Crippen molar-refractivity contribution in [2.45, 2.75) is 52.5 Å². The Morgan fingerprint density at radius 2 is 1.90 bits per heavy atom. The number of benzene rings is 1. The van der Waals surface area contributed by atoms with Crippen LogP contribution in [0.3, 0.4) is 0 Å². The lowest BCUT2D eigenvalue weighted by Gasteiger charge is -2.35. The van der Waals surface area contributed by atoms with Crippen molar-refractivity contribution < 1.29 is 9.53 Å². The van der Waals surface area contributed by atoms with Crippen LogP contribution in [0.15, 0.2) is 35.6 Å². The molecule has 1 fully saturated rings. The average Bonchev–Trinajstić information content (AvgIpc) is 3.22. The number of guanidine groups is 1. The normalized spacial score (nSPS) is 19.4. The van der Waals surface area contributed by atoms with Gasteiger partial charge in [0.05, 0.1) is 12.2 Å². The summed E-state index contributed by atoms with van der Waals surface area (Å²) in [6, 6.07) is 7.73. The highest BCUT2D eigenvalue weighted by Crippen LogP contribution is 2.15. The first-order valence-electron chi connectivity index (χ1n) is 10.8. The number of ether oxygens (including phenoxy) is 1. The molecule has 1 saturated heterocycles. The number of hydrogen-bond donors (Lipinski definition) is 2. The zero-order valence-electron chi connectivity index (χ0n) is 18.8. The Morgan fingerprint density at radius 1 is 1.19 bits per heavy atom. The third-order valence-corrected chi connectivity index (χ3v) is 5.25. The summed E-state index contributed by atoms with van der Waals surface area (Å²) in [7, 11) is 1.75. The standard InChI is InChI=1S/C22H33N7O2/c1-5-20-27-26-15-28(20)11-10-24-22(23-4)25-12-18-6-8-19(9-7-18)21(30)29-13-16(2)31-17(3)14-29/h6-9,15-17H,5,10-14H2,1-4H3,(H2,23,24,25). The Kier molecular flexibility index (Phi) is 8.00. The van der Waals surface area contributed by atoms with Gasteiger partial charge in [0.15, 0.2) is 5.96 Å². The Bertz CT molecular complexity index is 868. The lowest BCUT2D eigenvalue weighted by Crippen LogP contribution is -2.48. The highest BCUT2D eigenvalue weighted by Gasteiger charge is 2.26. The minimum Gasteiger partial charge on any atom is -0.372 e. The minimum atomic E-state index is 0.0550. The van der Waals surface area contributed by atoms with Crippen molar-refractivity contribution in [2.75, 3.05) is 26.7 Å². The van der Waals surface area contributed by atoms with Crippen molar-refractivity contribution in [3.8, 4) is 0 Å². The maximum atomic E-state index is 12.8. The maximum Gasteiger partial charge on any atom is 0.254 e. The SMILES string of the molecule is CCc1nncn1CCNC(=NC)NCc1ccc(C(=O)N2CC(C)OC(C)C2)cc1.